The van der Waals surface area contributed by atoms with Gasteiger partial charge in [0.15, 0.2) is 0 Å². The second kappa shape index (κ2) is 2.69. The molecule has 0 aliphatic heterocycles. The number of nitrogens with two attached hydrogens (primary N) is 1. The van der Waals surface area contributed by atoms with Gasteiger partial charge in [-0.1, -0.05) is 0 Å². The fourth-order valence-corrected chi connectivity index (χ4v) is 1.21. The summed E-state index contributed by atoms with van der Waals surface area (Å²) < 4.78 is 24.7. The molecule has 0 saturated carbocycles. The van der Waals surface area contributed by atoms with Crippen LogP contribution in [0.4, 0.5) is 14.5 Å². The van der Waals surface area contributed by atoms with E-state index in [9.17, 15) is 8.78 Å². The number of nitrogens with zero attached hydrogens (tertiary/aromatic N) is 1. The first-order valence-corrected chi connectivity index (χ1v) is 3.69. The quantitative estimate of drug-likeness (QED) is 0.665. The highest BCUT2D eigenvalue weighted by Crippen LogP contribution is 2.28. The van der Waals surface area contributed by atoms with Crippen LogP contribution in [0, 0.1) is 0 Å². The van der Waals surface area contributed by atoms with E-state index in [2.05, 4.69) is 10.2 Å². The Labute approximate surface area is 72.5 Å². The van der Waals surface area contributed by atoms with E-state index in [4.69, 9.17) is 5.73 Å². The number of anilines is 1. The van der Waals surface area contributed by atoms with Crippen molar-refractivity contribution in [1.29, 1.82) is 0 Å². The summed E-state index contributed by atoms with van der Waals surface area (Å²) in [6, 6.07) is 2.81. The average molecular weight is 183 g/mol. The van der Waals surface area contributed by atoms with Crippen LogP contribution in [-0.2, 0) is 0 Å². The Morgan fingerprint density at radius 3 is 2.85 bits per heavy atom. The number of nitrogens with one attached hydrogen (secondary N) is 1. The van der Waals surface area contributed by atoms with Crippen molar-refractivity contribution in [2.24, 2.45) is 0 Å². The van der Waals surface area contributed by atoms with Crippen molar-refractivity contribution < 1.29 is 8.78 Å². The minimum atomic E-state index is -2.55. The number of rotatable bonds is 1. The average Bonchev–Trinajstić information content (AvgIpc) is 2.48. The van der Waals surface area contributed by atoms with Gasteiger partial charge in [-0.2, -0.15) is 5.10 Å². The van der Waals surface area contributed by atoms with Crippen molar-refractivity contribution in [1.82, 2.24) is 10.2 Å². The molecule has 0 amide bonds. The lowest BCUT2D eigenvalue weighted by Gasteiger charge is -2.03. The summed E-state index contributed by atoms with van der Waals surface area (Å²) in [5.74, 6) is 0. The van der Waals surface area contributed by atoms with Crippen LogP contribution >= 0.6 is 0 Å². The Morgan fingerprint density at radius 2 is 2.15 bits per heavy atom. The smallest absolute Gasteiger partial charge is 0.265 e. The lowest BCUT2D eigenvalue weighted by molar-refractivity contribution is 0.152. The number of H-pyrrole nitrogens is 1. The summed E-state index contributed by atoms with van der Waals surface area (Å²) in [4.78, 5) is 0. The predicted molar refractivity (Wildman–Crippen MR) is 45.5 cm³/mol. The SMILES string of the molecule is Nc1cc2cn[nH]c2cc1C(F)F. The fraction of sp³-hybridized carbons (Fsp3) is 0.125. The molecule has 0 aliphatic carbocycles. The number of benzene rings is 1. The number of aromatic nitrogens is 2. The molecule has 5 heteroatoms. The Balaban J connectivity index is 2.69. The Morgan fingerprint density at radius 1 is 1.38 bits per heavy atom. The molecule has 0 unspecified atom stereocenters. The highest BCUT2D eigenvalue weighted by Gasteiger charge is 2.12. The first-order chi connectivity index (χ1) is 6.18. The van der Waals surface area contributed by atoms with Crippen LogP contribution in [0.25, 0.3) is 10.9 Å². The zero-order chi connectivity index (χ0) is 9.42. The van der Waals surface area contributed by atoms with E-state index in [1.165, 1.54) is 12.1 Å². The van der Waals surface area contributed by atoms with E-state index < -0.39 is 6.43 Å². The third-order valence-electron chi connectivity index (χ3n) is 1.88. The zero-order valence-corrected chi connectivity index (χ0v) is 6.59. The normalized spacial score (nSPS) is 11.3. The van der Waals surface area contributed by atoms with E-state index in [1.54, 1.807) is 6.20 Å². The van der Waals surface area contributed by atoms with Gasteiger partial charge in [-0.15, -0.1) is 0 Å². The summed E-state index contributed by atoms with van der Waals surface area (Å²) in [6.45, 7) is 0. The van der Waals surface area contributed by atoms with Gasteiger partial charge in [0.25, 0.3) is 6.43 Å². The number of fused-ring (bicyclic) bond motifs is 1. The van der Waals surface area contributed by atoms with Gasteiger partial charge in [-0.05, 0) is 12.1 Å². The van der Waals surface area contributed by atoms with Gasteiger partial charge in [0.2, 0.25) is 0 Å². The largest absolute Gasteiger partial charge is 0.398 e. The maximum absolute atomic E-state index is 12.3. The topological polar surface area (TPSA) is 54.7 Å². The molecular formula is C8H7F2N3. The van der Waals surface area contributed by atoms with Crippen LogP contribution in [-0.4, -0.2) is 10.2 Å². The predicted octanol–water partition coefficient (Wildman–Crippen LogP) is 2.08. The molecule has 0 spiro atoms. The molecule has 3 N–H and O–H groups in total. The number of alkyl halides is 2. The molecule has 2 rings (SSSR count). The monoisotopic (exact) mass is 183 g/mol. The van der Waals surface area contributed by atoms with E-state index in [1.807, 2.05) is 0 Å². The molecule has 0 atom stereocenters. The lowest BCUT2D eigenvalue weighted by Crippen LogP contribution is -1.94. The number of halogens is 2. The molecule has 68 valence electrons. The molecule has 1 aromatic heterocycles. The second-order valence-electron chi connectivity index (χ2n) is 2.74. The van der Waals surface area contributed by atoms with Crippen molar-refractivity contribution in [2.75, 3.05) is 5.73 Å². The van der Waals surface area contributed by atoms with Crippen molar-refractivity contribution in [3.8, 4) is 0 Å². The first-order valence-electron chi connectivity index (χ1n) is 3.69. The summed E-state index contributed by atoms with van der Waals surface area (Å²) in [5, 5.41) is 7.06. The van der Waals surface area contributed by atoms with Crippen molar-refractivity contribution >= 4 is 16.6 Å². The molecular weight excluding hydrogens is 176 g/mol. The summed E-state index contributed by atoms with van der Waals surface area (Å²) in [7, 11) is 0. The van der Waals surface area contributed by atoms with Gasteiger partial charge < -0.3 is 5.73 Å². The third-order valence-corrected chi connectivity index (χ3v) is 1.88. The molecule has 1 heterocycles. The Kier molecular flexibility index (Phi) is 1.65. The molecule has 0 radical (unpaired) electrons. The second-order valence-corrected chi connectivity index (χ2v) is 2.74. The van der Waals surface area contributed by atoms with Crippen LogP contribution < -0.4 is 5.73 Å². The van der Waals surface area contributed by atoms with Crippen molar-refractivity contribution in [3.63, 3.8) is 0 Å². The number of hydrogen-bond acceptors (Lipinski definition) is 2. The standard InChI is InChI=1S/C8H7F2N3/c9-8(10)5-2-7-4(1-6(5)11)3-12-13-7/h1-3,8H,11H2,(H,12,13). The molecule has 2 aromatic rings. The highest BCUT2D eigenvalue weighted by atomic mass is 19.3. The van der Waals surface area contributed by atoms with E-state index in [0.717, 1.165) is 5.39 Å². The molecule has 0 aliphatic rings. The molecule has 0 bridgehead atoms. The summed E-state index contributed by atoms with van der Waals surface area (Å²) in [5.41, 5.74) is 5.94. The summed E-state index contributed by atoms with van der Waals surface area (Å²) in [6.07, 6.45) is -1.01. The van der Waals surface area contributed by atoms with Gasteiger partial charge >= 0.3 is 0 Å². The number of aromatic amines is 1. The molecule has 1 aromatic carbocycles. The van der Waals surface area contributed by atoms with E-state index in [-0.39, 0.29) is 11.3 Å². The Bertz CT molecular complexity index is 436. The molecule has 0 saturated heterocycles. The number of hydrogen-bond donors (Lipinski definition) is 2. The van der Waals surface area contributed by atoms with E-state index in [0.29, 0.717) is 5.52 Å². The van der Waals surface area contributed by atoms with Gasteiger partial charge in [0, 0.05) is 16.6 Å². The minimum absolute atomic E-state index is 0.101. The van der Waals surface area contributed by atoms with Gasteiger partial charge in [-0.25, -0.2) is 8.78 Å². The maximum atomic E-state index is 12.3. The van der Waals surface area contributed by atoms with Crippen LogP contribution in [0.3, 0.4) is 0 Å². The third kappa shape index (κ3) is 1.22. The molecule has 3 nitrogen and oxygen atoms in total. The van der Waals surface area contributed by atoms with Crippen LogP contribution in [0.1, 0.15) is 12.0 Å². The minimum Gasteiger partial charge on any atom is -0.398 e. The number of nitrogen functional groups attached to an aromatic ring is 1. The fourth-order valence-electron chi connectivity index (χ4n) is 1.21. The van der Waals surface area contributed by atoms with Crippen molar-refractivity contribution in [2.45, 2.75) is 6.43 Å². The Hall–Kier alpha value is -1.65. The summed E-state index contributed by atoms with van der Waals surface area (Å²) >= 11 is 0. The van der Waals surface area contributed by atoms with Crippen LogP contribution in [0.5, 0.6) is 0 Å². The van der Waals surface area contributed by atoms with E-state index >= 15 is 0 Å². The van der Waals surface area contributed by atoms with Gasteiger partial charge in [-0.3, -0.25) is 5.10 Å². The highest BCUT2D eigenvalue weighted by molar-refractivity contribution is 5.83. The van der Waals surface area contributed by atoms with Gasteiger partial charge in [0.05, 0.1) is 11.7 Å². The first kappa shape index (κ1) is 7.97. The van der Waals surface area contributed by atoms with Gasteiger partial charge in [0.1, 0.15) is 0 Å². The van der Waals surface area contributed by atoms with Crippen molar-refractivity contribution in [3.05, 3.63) is 23.9 Å². The zero-order valence-electron chi connectivity index (χ0n) is 6.59. The molecule has 0 fully saturated rings. The van der Waals surface area contributed by atoms with Crippen LogP contribution in [0.15, 0.2) is 18.3 Å². The lowest BCUT2D eigenvalue weighted by atomic mass is 10.1. The van der Waals surface area contributed by atoms with Crippen LogP contribution in [0.2, 0.25) is 0 Å². The maximum Gasteiger partial charge on any atom is 0.265 e. The molecule has 13 heavy (non-hydrogen) atoms.